The Kier molecular flexibility index (Phi) is 6.11. The number of anilines is 1. The van der Waals surface area contributed by atoms with Crippen molar-refractivity contribution in [3.63, 3.8) is 0 Å². The van der Waals surface area contributed by atoms with Gasteiger partial charge >= 0.3 is 0 Å². The van der Waals surface area contributed by atoms with E-state index in [9.17, 15) is 4.79 Å². The van der Waals surface area contributed by atoms with Gasteiger partial charge in [0.05, 0.1) is 23.0 Å². The molecule has 164 valence electrons. The third-order valence-electron chi connectivity index (χ3n) is 5.17. The van der Waals surface area contributed by atoms with Crippen LogP contribution in [0.2, 0.25) is 0 Å². The molecule has 0 aliphatic heterocycles. The van der Waals surface area contributed by atoms with Crippen LogP contribution in [0.25, 0.3) is 33.1 Å². The number of rotatable bonds is 6. The quantitative estimate of drug-likeness (QED) is 0.221. The van der Waals surface area contributed by atoms with Crippen molar-refractivity contribution < 1.29 is 7.31 Å². The van der Waals surface area contributed by atoms with E-state index in [1.807, 2.05) is 75.6 Å². The van der Waals surface area contributed by atoms with Gasteiger partial charge in [0, 0.05) is 47.7 Å². The summed E-state index contributed by atoms with van der Waals surface area (Å²) >= 11 is 2.97. The lowest BCUT2D eigenvalue weighted by Gasteiger charge is -2.06. The lowest BCUT2D eigenvalue weighted by Crippen LogP contribution is -2.23. The molecule has 0 fully saturated rings. The molecular weight excluding hydrogens is 551 g/mol. The predicted molar refractivity (Wildman–Crippen MR) is 138 cm³/mol. The summed E-state index contributed by atoms with van der Waals surface area (Å²) in [5.41, 5.74) is 11.4. The molecule has 0 unspecified atom stereocenters. The molecule has 4 aromatic heterocycles. The number of nitrogen functional groups attached to an aromatic ring is 1. The number of aromatic nitrogens is 4. The second kappa shape index (κ2) is 9.33. The Balaban J connectivity index is 1.54. The monoisotopic (exact) mass is 568 g/mol. The summed E-state index contributed by atoms with van der Waals surface area (Å²) in [7, 11) is 0. The molecule has 33 heavy (non-hydrogen) atoms. The highest BCUT2D eigenvalue weighted by molar-refractivity contribution is 14.1. The molecule has 10 heteroatoms. The molecule has 0 saturated heterocycles. The van der Waals surface area contributed by atoms with Crippen LogP contribution in [-0.4, -0.2) is 24.8 Å². The summed E-state index contributed by atoms with van der Waals surface area (Å²) in [6.45, 7) is 0.385. The Hall–Kier alpha value is -3.22. The first kappa shape index (κ1) is 21.6. The van der Waals surface area contributed by atoms with Gasteiger partial charge in [-0.3, -0.25) is 18.7 Å². The van der Waals surface area contributed by atoms with Crippen LogP contribution in [0.15, 0.2) is 73.4 Å². The van der Waals surface area contributed by atoms with Crippen LogP contribution in [-0.2, 0) is 9.06 Å². The van der Waals surface area contributed by atoms with Gasteiger partial charge in [-0.2, -0.15) is 0 Å². The number of hydrogen-bond acceptors (Lipinski definition) is 7. The fourth-order valence-corrected chi connectivity index (χ4v) is 4.57. The Labute approximate surface area is 207 Å². The topological polar surface area (TPSA) is 108 Å². The highest BCUT2D eigenvalue weighted by Gasteiger charge is 2.16. The molecule has 0 atom stereocenters. The molecule has 0 aliphatic rings. The van der Waals surface area contributed by atoms with Crippen molar-refractivity contribution in [2.75, 3.05) is 5.73 Å². The number of halogens is 1. The van der Waals surface area contributed by atoms with E-state index in [0.717, 1.165) is 45.2 Å². The second-order valence-electron chi connectivity index (χ2n) is 7.32. The lowest BCUT2D eigenvalue weighted by atomic mass is 10.0. The van der Waals surface area contributed by atoms with E-state index < -0.39 is 0 Å². The van der Waals surface area contributed by atoms with E-state index >= 15 is 0 Å². The van der Waals surface area contributed by atoms with Gasteiger partial charge in [0.2, 0.25) is 0 Å². The lowest BCUT2D eigenvalue weighted by molar-refractivity contribution is 0.0950. The molecule has 0 bridgehead atoms. The van der Waals surface area contributed by atoms with E-state index in [2.05, 4.69) is 20.3 Å². The normalized spacial score (nSPS) is 11.2. The third kappa shape index (κ3) is 4.49. The summed E-state index contributed by atoms with van der Waals surface area (Å²) in [5, 5.41) is 4.69. The van der Waals surface area contributed by atoms with Crippen molar-refractivity contribution >= 4 is 68.8 Å². The Morgan fingerprint density at radius 3 is 2.88 bits per heavy atom. The highest BCUT2D eigenvalue weighted by atomic mass is 127. The summed E-state index contributed by atoms with van der Waals surface area (Å²) in [4.78, 5) is 25.8. The first-order chi connectivity index (χ1) is 16.1. The maximum Gasteiger partial charge on any atom is 0.253 e. The van der Waals surface area contributed by atoms with Gasteiger partial charge in [-0.05, 0) is 41.5 Å². The van der Waals surface area contributed by atoms with Gasteiger partial charge < -0.3 is 11.1 Å². The number of carbonyl (C=O) groups excluding carboxylic acids is 1. The van der Waals surface area contributed by atoms with Crippen LogP contribution < -0.4 is 11.1 Å². The van der Waals surface area contributed by atoms with E-state index in [0.29, 0.717) is 23.4 Å². The van der Waals surface area contributed by atoms with Gasteiger partial charge in [-0.25, -0.2) is 7.50 Å². The number of nitrogens with zero attached hydrogens (tertiary/aromatic N) is 4. The van der Waals surface area contributed by atoms with E-state index in [4.69, 9.17) is 8.25 Å². The Bertz CT molecular complexity index is 1470. The number of amides is 1. The van der Waals surface area contributed by atoms with Crippen LogP contribution >= 0.6 is 35.2 Å². The number of nitrogens with one attached hydrogen (secondary N) is 1. The van der Waals surface area contributed by atoms with Gasteiger partial charge in [-0.15, -0.1) is 0 Å². The average molecular weight is 568 g/mol. The molecule has 1 aromatic carbocycles. The summed E-state index contributed by atoms with van der Waals surface area (Å²) in [6, 6.07) is 13.5. The highest BCUT2D eigenvalue weighted by Crippen LogP contribution is 2.34. The second-order valence-corrected chi connectivity index (χ2v) is 9.07. The van der Waals surface area contributed by atoms with Gasteiger partial charge in [-0.1, -0.05) is 12.1 Å². The first-order valence-electron chi connectivity index (χ1n) is 9.92. The number of pyridine rings is 3. The van der Waals surface area contributed by atoms with Gasteiger partial charge in [0.25, 0.3) is 5.91 Å². The van der Waals surface area contributed by atoms with Crippen LogP contribution in [0.4, 0.5) is 5.69 Å². The molecule has 0 spiro atoms. The molecule has 8 nitrogen and oxygen atoms in total. The smallest absolute Gasteiger partial charge is 0.253 e. The average Bonchev–Trinajstić information content (AvgIpc) is 3.20. The van der Waals surface area contributed by atoms with Crippen molar-refractivity contribution in [1.29, 1.82) is 0 Å². The SMILES string of the molecule is Nc1cnc2ccc(-c3cn(SOI)c4ncc(C(=O)NCc5cccnc5)cc34)cc2c1. The van der Waals surface area contributed by atoms with Crippen LogP contribution in [0, 0.1) is 0 Å². The van der Waals surface area contributed by atoms with E-state index in [-0.39, 0.29) is 5.91 Å². The fourth-order valence-electron chi connectivity index (χ4n) is 3.62. The van der Waals surface area contributed by atoms with Crippen molar-refractivity contribution in [3.05, 3.63) is 84.6 Å². The van der Waals surface area contributed by atoms with Crippen LogP contribution in [0.5, 0.6) is 0 Å². The van der Waals surface area contributed by atoms with Gasteiger partial charge in [0.1, 0.15) is 35.2 Å². The Morgan fingerprint density at radius 2 is 2.06 bits per heavy atom. The summed E-state index contributed by atoms with van der Waals surface area (Å²) in [5.74, 6) is -0.208. The minimum Gasteiger partial charge on any atom is -0.397 e. The first-order valence-corrected chi connectivity index (χ1v) is 11.5. The van der Waals surface area contributed by atoms with Crippen LogP contribution in [0.3, 0.4) is 0 Å². The molecule has 3 N–H and O–H groups in total. The number of hydrogen-bond donors (Lipinski definition) is 2. The molecule has 0 saturated carbocycles. The maximum absolute atomic E-state index is 12.8. The minimum atomic E-state index is -0.208. The largest absolute Gasteiger partial charge is 0.397 e. The third-order valence-corrected chi connectivity index (χ3v) is 6.15. The summed E-state index contributed by atoms with van der Waals surface area (Å²) in [6.07, 6.45) is 8.58. The number of nitrogens with two attached hydrogens (primary N) is 1. The Morgan fingerprint density at radius 1 is 1.15 bits per heavy atom. The molecule has 4 heterocycles. The fraction of sp³-hybridized carbons (Fsp3) is 0.0435. The number of carbonyl (C=O) groups is 1. The standard InChI is InChI=1S/C23H17IN6O2S/c24-32-33-30-13-20(15-3-4-21-16(6-15)7-18(25)12-27-21)19-8-17(11-28-22(19)30)23(31)29-10-14-2-1-5-26-9-14/h1-9,11-13H,10,25H2,(H,29,31). The molecule has 5 rings (SSSR count). The van der Waals surface area contributed by atoms with Crippen LogP contribution in [0.1, 0.15) is 15.9 Å². The van der Waals surface area contributed by atoms with Crippen molar-refractivity contribution in [1.82, 2.24) is 24.2 Å². The number of benzene rings is 1. The predicted octanol–water partition coefficient (Wildman–Crippen LogP) is 4.94. The maximum atomic E-state index is 12.8. The molecule has 0 radical (unpaired) electrons. The molecule has 1 amide bonds. The zero-order valence-corrected chi connectivity index (χ0v) is 20.1. The van der Waals surface area contributed by atoms with E-state index in [1.165, 1.54) is 0 Å². The minimum absolute atomic E-state index is 0.208. The zero-order valence-electron chi connectivity index (χ0n) is 17.1. The van der Waals surface area contributed by atoms with Crippen molar-refractivity contribution in [2.24, 2.45) is 0 Å². The van der Waals surface area contributed by atoms with E-state index in [1.54, 1.807) is 24.8 Å². The van der Waals surface area contributed by atoms with Crippen molar-refractivity contribution in [2.45, 2.75) is 6.54 Å². The molecule has 0 aliphatic carbocycles. The summed E-state index contributed by atoms with van der Waals surface area (Å²) < 4.78 is 7.06. The zero-order chi connectivity index (χ0) is 22.8. The van der Waals surface area contributed by atoms with Gasteiger partial charge in [0.15, 0.2) is 5.65 Å². The van der Waals surface area contributed by atoms with Crippen molar-refractivity contribution in [3.8, 4) is 11.1 Å². The molecule has 5 aromatic rings. The molecular formula is C23H17IN6O2S. The number of fused-ring (bicyclic) bond motifs is 2.